The molecule has 1 aromatic heterocycles. The number of carbonyl (C=O) groups excluding carboxylic acids is 1. The Morgan fingerprint density at radius 3 is 2.54 bits per heavy atom. The topological polar surface area (TPSA) is 78.0 Å². The van der Waals surface area contributed by atoms with Crippen molar-refractivity contribution in [3.63, 3.8) is 0 Å². The number of ketones is 1. The van der Waals surface area contributed by atoms with E-state index in [-0.39, 0.29) is 17.7 Å². The lowest BCUT2D eigenvalue weighted by Gasteiger charge is -2.27. The summed E-state index contributed by atoms with van der Waals surface area (Å²) in [4.78, 5) is 21.6. The van der Waals surface area contributed by atoms with Crippen LogP contribution in [0.1, 0.15) is 50.6 Å². The Hall–Kier alpha value is -2.38. The second kappa shape index (κ2) is 6.26. The zero-order valence-corrected chi connectivity index (χ0v) is 13.1. The van der Waals surface area contributed by atoms with Crippen molar-refractivity contribution >= 4 is 22.4 Å². The van der Waals surface area contributed by atoms with Gasteiger partial charge < -0.3 is 0 Å². The number of benzene rings is 1. The van der Waals surface area contributed by atoms with E-state index in [1.54, 1.807) is 17.8 Å². The molecule has 1 aliphatic carbocycles. The van der Waals surface area contributed by atoms with Gasteiger partial charge >= 0.3 is 0 Å². The van der Waals surface area contributed by atoms with Crippen LogP contribution in [0.15, 0.2) is 18.3 Å². The van der Waals surface area contributed by atoms with E-state index < -0.39 is 22.6 Å². The Kier molecular flexibility index (Phi) is 4.29. The molecule has 1 fully saturated rings. The molecule has 0 bridgehead atoms. The summed E-state index contributed by atoms with van der Waals surface area (Å²) < 4.78 is 27.7. The molecular formula is C16H17F2N3O3. The van der Waals surface area contributed by atoms with Gasteiger partial charge in [-0.2, -0.15) is 5.10 Å². The van der Waals surface area contributed by atoms with Gasteiger partial charge in [0.05, 0.1) is 22.0 Å². The number of hydrogen-bond donors (Lipinski definition) is 0. The number of halogens is 2. The van der Waals surface area contributed by atoms with Gasteiger partial charge in [0, 0.05) is 23.6 Å². The summed E-state index contributed by atoms with van der Waals surface area (Å²) >= 11 is 0. The number of nitrogens with zero attached hydrogens (tertiary/aromatic N) is 3. The molecule has 1 saturated carbocycles. The zero-order chi connectivity index (χ0) is 17.4. The summed E-state index contributed by atoms with van der Waals surface area (Å²) in [5.41, 5.74) is -0.875. The van der Waals surface area contributed by atoms with Crippen LogP contribution in [-0.2, 0) is 4.79 Å². The molecule has 0 amide bonds. The van der Waals surface area contributed by atoms with E-state index in [1.165, 1.54) is 0 Å². The molecule has 1 aliphatic rings. The fourth-order valence-electron chi connectivity index (χ4n) is 3.36. The minimum Gasteiger partial charge on any atom is -0.300 e. The molecule has 2 aromatic rings. The molecule has 24 heavy (non-hydrogen) atoms. The van der Waals surface area contributed by atoms with E-state index >= 15 is 0 Å². The van der Waals surface area contributed by atoms with Crippen molar-refractivity contribution < 1.29 is 18.5 Å². The van der Waals surface area contributed by atoms with E-state index in [9.17, 15) is 23.7 Å². The SMILES string of the molecule is CC(=O)C1CCC(n2cc3cc([N+](=O)[O-])c(C(F)F)cc3n2)CC1. The van der Waals surface area contributed by atoms with Crippen molar-refractivity contribution in [2.45, 2.75) is 45.1 Å². The summed E-state index contributed by atoms with van der Waals surface area (Å²) in [6.07, 6.45) is 1.85. The van der Waals surface area contributed by atoms with Gasteiger partial charge in [-0.05, 0) is 38.7 Å². The van der Waals surface area contributed by atoms with Crippen LogP contribution in [0.3, 0.4) is 0 Å². The second-order valence-electron chi connectivity index (χ2n) is 6.25. The van der Waals surface area contributed by atoms with Crippen LogP contribution in [0.4, 0.5) is 14.5 Å². The average molecular weight is 337 g/mol. The summed E-state index contributed by atoms with van der Waals surface area (Å²) in [6, 6.07) is 2.33. The number of hydrogen-bond acceptors (Lipinski definition) is 4. The van der Waals surface area contributed by atoms with Gasteiger partial charge in [-0.3, -0.25) is 19.6 Å². The minimum absolute atomic E-state index is 0.0813. The molecule has 0 radical (unpaired) electrons. The zero-order valence-electron chi connectivity index (χ0n) is 13.1. The Balaban J connectivity index is 1.92. The average Bonchev–Trinajstić information content (AvgIpc) is 2.96. The normalized spacial score (nSPS) is 21.3. The molecule has 0 N–H and O–H groups in total. The number of aromatic nitrogens is 2. The summed E-state index contributed by atoms with van der Waals surface area (Å²) in [6.45, 7) is 1.60. The molecule has 128 valence electrons. The number of nitro benzene ring substituents is 1. The fraction of sp³-hybridized carbons (Fsp3) is 0.500. The van der Waals surface area contributed by atoms with Crippen molar-refractivity contribution in [3.05, 3.63) is 34.0 Å². The maximum absolute atomic E-state index is 13.0. The first-order chi connectivity index (χ1) is 11.4. The van der Waals surface area contributed by atoms with E-state index in [1.807, 2.05) is 0 Å². The number of alkyl halides is 2. The molecule has 0 saturated heterocycles. The van der Waals surface area contributed by atoms with Crippen LogP contribution < -0.4 is 0 Å². The number of nitro groups is 1. The van der Waals surface area contributed by atoms with E-state index in [0.29, 0.717) is 10.9 Å². The Bertz CT molecular complexity index is 795. The van der Waals surface area contributed by atoms with Crippen LogP contribution in [0.5, 0.6) is 0 Å². The maximum Gasteiger partial charge on any atom is 0.279 e. The van der Waals surface area contributed by atoms with Gasteiger partial charge in [-0.15, -0.1) is 0 Å². The van der Waals surface area contributed by atoms with Crippen LogP contribution >= 0.6 is 0 Å². The van der Waals surface area contributed by atoms with Gasteiger partial charge in [-0.1, -0.05) is 0 Å². The van der Waals surface area contributed by atoms with E-state index in [0.717, 1.165) is 37.8 Å². The first-order valence-electron chi connectivity index (χ1n) is 7.82. The van der Waals surface area contributed by atoms with Gasteiger partial charge in [0.1, 0.15) is 5.78 Å². The van der Waals surface area contributed by atoms with Crippen molar-refractivity contribution in [2.24, 2.45) is 5.92 Å². The van der Waals surface area contributed by atoms with Crippen LogP contribution in [0, 0.1) is 16.0 Å². The Labute approximate surface area is 136 Å². The third-order valence-corrected chi connectivity index (χ3v) is 4.75. The summed E-state index contributed by atoms with van der Waals surface area (Å²) in [7, 11) is 0. The molecular weight excluding hydrogens is 320 g/mol. The molecule has 8 heteroatoms. The van der Waals surface area contributed by atoms with Gasteiger partial charge in [0.2, 0.25) is 0 Å². The van der Waals surface area contributed by atoms with Crippen LogP contribution in [0.2, 0.25) is 0 Å². The molecule has 1 aromatic carbocycles. The molecule has 0 unspecified atom stereocenters. The minimum atomic E-state index is -2.93. The quantitative estimate of drug-likeness (QED) is 0.618. The lowest BCUT2D eigenvalue weighted by Crippen LogP contribution is -2.22. The summed E-state index contributed by atoms with van der Waals surface area (Å²) in [5, 5.41) is 15.8. The standard InChI is InChI=1S/C16H17F2N3O3/c1-9(22)10-2-4-12(5-3-10)20-8-11-6-15(21(23)24)13(16(17)18)7-14(11)19-20/h6-8,10,12,16H,2-5H2,1H3. The van der Waals surface area contributed by atoms with Gasteiger partial charge in [0.25, 0.3) is 12.1 Å². The smallest absolute Gasteiger partial charge is 0.279 e. The van der Waals surface area contributed by atoms with Gasteiger partial charge in [-0.25, -0.2) is 8.78 Å². The molecule has 0 atom stereocenters. The van der Waals surface area contributed by atoms with Crippen molar-refractivity contribution in [1.82, 2.24) is 9.78 Å². The molecule has 0 spiro atoms. The summed E-state index contributed by atoms with van der Waals surface area (Å²) in [5.74, 6) is 0.272. The number of carbonyl (C=O) groups is 1. The highest BCUT2D eigenvalue weighted by Gasteiger charge is 2.27. The van der Waals surface area contributed by atoms with Gasteiger partial charge in [0.15, 0.2) is 0 Å². The predicted octanol–water partition coefficient (Wildman–Crippen LogP) is 4.20. The second-order valence-corrected chi connectivity index (χ2v) is 6.25. The monoisotopic (exact) mass is 337 g/mol. The Morgan fingerprint density at radius 2 is 2.00 bits per heavy atom. The van der Waals surface area contributed by atoms with Crippen molar-refractivity contribution in [3.8, 4) is 0 Å². The highest BCUT2D eigenvalue weighted by molar-refractivity contribution is 5.82. The predicted molar refractivity (Wildman–Crippen MR) is 83.0 cm³/mol. The first kappa shape index (κ1) is 16.5. The largest absolute Gasteiger partial charge is 0.300 e. The lowest BCUT2D eigenvalue weighted by atomic mass is 9.84. The maximum atomic E-state index is 13.0. The third kappa shape index (κ3) is 3.00. The van der Waals surface area contributed by atoms with Crippen LogP contribution in [0.25, 0.3) is 10.9 Å². The highest BCUT2D eigenvalue weighted by atomic mass is 19.3. The number of fused-ring (bicyclic) bond motifs is 1. The third-order valence-electron chi connectivity index (χ3n) is 4.75. The van der Waals surface area contributed by atoms with Crippen molar-refractivity contribution in [2.75, 3.05) is 0 Å². The molecule has 6 nitrogen and oxygen atoms in total. The van der Waals surface area contributed by atoms with E-state index in [2.05, 4.69) is 5.10 Å². The molecule has 3 rings (SSSR count). The first-order valence-corrected chi connectivity index (χ1v) is 7.82. The molecule has 1 heterocycles. The lowest BCUT2D eigenvalue weighted by molar-refractivity contribution is -0.386. The fourth-order valence-corrected chi connectivity index (χ4v) is 3.36. The number of Topliss-reactive ketones (excluding diaryl/α,β-unsaturated/α-hetero) is 1. The Morgan fingerprint density at radius 1 is 1.33 bits per heavy atom. The van der Waals surface area contributed by atoms with E-state index in [4.69, 9.17) is 0 Å². The van der Waals surface area contributed by atoms with Crippen LogP contribution in [-0.4, -0.2) is 20.5 Å². The number of rotatable bonds is 4. The van der Waals surface area contributed by atoms with Crippen molar-refractivity contribution in [1.29, 1.82) is 0 Å². The highest BCUT2D eigenvalue weighted by Crippen LogP contribution is 2.36. The molecule has 0 aliphatic heterocycles.